The molecule has 3 heterocycles. The van der Waals surface area contributed by atoms with Gasteiger partial charge in [-0.1, -0.05) is 19.1 Å². The van der Waals surface area contributed by atoms with E-state index in [1.807, 2.05) is 30.7 Å². The Labute approximate surface area is 230 Å². The first kappa shape index (κ1) is 27.2. The number of rotatable bonds is 8. The number of hydrogen-bond donors (Lipinski definition) is 4. The quantitative estimate of drug-likeness (QED) is 0.335. The van der Waals surface area contributed by atoms with Crippen LogP contribution in [0, 0.1) is 17.7 Å². The first-order valence-corrected chi connectivity index (χ1v) is 13.4. The number of aromatic nitrogens is 4. The van der Waals surface area contributed by atoms with Gasteiger partial charge < -0.3 is 20.5 Å². The van der Waals surface area contributed by atoms with E-state index in [2.05, 4.69) is 31.4 Å². The molecule has 2 aromatic heterocycles. The summed E-state index contributed by atoms with van der Waals surface area (Å²) < 4.78 is 15.2. The standard InChI is InChI=1S/C28H32FN7O4/c1-15(2)24(33-27(39)17-3-6-19(29)7-4-17)28(40)32-21-8-5-16-9-10-36-14-18(11-22(37)23(21)25(16)36)26(38)30-12-20-13-31-35-34-20/h3-4,6-7,9-10,13,15,18,21,23-24H,5,8,11-12,14H2,1-2H3,(H,30,38)(H,32,40)(H,33,39)(H,31,34,35)/t18-,21-,23?,24?/m0/s1. The van der Waals surface area contributed by atoms with Gasteiger partial charge in [0.15, 0.2) is 0 Å². The molecule has 0 fully saturated rings. The number of H-pyrrole nitrogens is 1. The zero-order valence-corrected chi connectivity index (χ0v) is 22.3. The highest BCUT2D eigenvalue weighted by molar-refractivity contribution is 5.98. The third-order valence-corrected chi connectivity index (χ3v) is 7.68. The molecule has 1 aromatic carbocycles. The summed E-state index contributed by atoms with van der Waals surface area (Å²) in [6.45, 7) is 4.19. The zero-order valence-electron chi connectivity index (χ0n) is 22.3. The molecule has 0 radical (unpaired) electrons. The van der Waals surface area contributed by atoms with Crippen LogP contribution in [0.25, 0.3) is 0 Å². The van der Waals surface area contributed by atoms with Gasteiger partial charge in [0.05, 0.1) is 18.4 Å². The van der Waals surface area contributed by atoms with Gasteiger partial charge in [-0.2, -0.15) is 0 Å². The van der Waals surface area contributed by atoms with Crippen LogP contribution in [0.4, 0.5) is 4.39 Å². The predicted molar refractivity (Wildman–Crippen MR) is 141 cm³/mol. The lowest BCUT2D eigenvalue weighted by Gasteiger charge is -2.33. The zero-order chi connectivity index (χ0) is 28.4. The number of Topliss-reactive ketones (excluding diaryl/α,β-unsaturated/α-hetero) is 1. The van der Waals surface area contributed by atoms with Crippen LogP contribution in [-0.2, 0) is 33.9 Å². The number of ketones is 1. The summed E-state index contributed by atoms with van der Waals surface area (Å²) in [5.41, 5.74) is 2.70. The first-order valence-electron chi connectivity index (χ1n) is 13.4. The van der Waals surface area contributed by atoms with Gasteiger partial charge in [0.2, 0.25) is 11.8 Å². The van der Waals surface area contributed by atoms with E-state index < -0.39 is 41.6 Å². The summed E-state index contributed by atoms with van der Waals surface area (Å²) in [4.78, 5) is 52.9. The van der Waals surface area contributed by atoms with Crippen molar-refractivity contribution < 1.29 is 23.6 Å². The molecule has 40 heavy (non-hydrogen) atoms. The van der Waals surface area contributed by atoms with Crippen LogP contribution in [0.3, 0.4) is 0 Å². The highest BCUT2D eigenvalue weighted by Gasteiger charge is 2.42. The fourth-order valence-corrected chi connectivity index (χ4v) is 5.59. The molecule has 0 spiro atoms. The summed E-state index contributed by atoms with van der Waals surface area (Å²) in [6, 6.07) is 5.73. The van der Waals surface area contributed by atoms with E-state index in [0.29, 0.717) is 25.1 Å². The van der Waals surface area contributed by atoms with E-state index in [9.17, 15) is 23.6 Å². The Morgan fingerprint density at radius 3 is 2.65 bits per heavy atom. The van der Waals surface area contributed by atoms with Crippen LogP contribution in [0.2, 0.25) is 0 Å². The molecule has 5 rings (SSSR count). The van der Waals surface area contributed by atoms with Crippen molar-refractivity contribution >= 4 is 23.5 Å². The van der Waals surface area contributed by atoms with E-state index in [0.717, 1.165) is 11.3 Å². The molecule has 0 saturated carbocycles. The maximum absolute atomic E-state index is 13.7. The lowest BCUT2D eigenvalue weighted by atomic mass is 9.79. The van der Waals surface area contributed by atoms with E-state index in [1.165, 1.54) is 24.3 Å². The third kappa shape index (κ3) is 5.65. The van der Waals surface area contributed by atoms with E-state index in [-0.39, 0.29) is 36.1 Å². The van der Waals surface area contributed by atoms with Crippen LogP contribution in [0.5, 0.6) is 0 Å². The third-order valence-electron chi connectivity index (χ3n) is 7.68. The Balaban J connectivity index is 1.30. The number of halogens is 1. The molecule has 1 aliphatic heterocycles. The highest BCUT2D eigenvalue weighted by Crippen LogP contribution is 2.38. The fraction of sp³-hybridized carbons (Fsp3) is 0.429. The maximum atomic E-state index is 13.7. The molecule has 11 nitrogen and oxygen atoms in total. The molecule has 1 aliphatic carbocycles. The van der Waals surface area contributed by atoms with Crippen molar-refractivity contribution in [1.82, 2.24) is 35.9 Å². The van der Waals surface area contributed by atoms with Gasteiger partial charge in [-0.25, -0.2) is 4.39 Å². The number of aryl methyl sites for hydroxylation is 1. The largest absolute Gasteiger partial charge is 0.350 e. The lowest BCUT2D eigenvalue weighted by molar-refractivity contribution is -0.131. The molecule has 0 saturated heterocycles. The molecule has 210 valence electrons. The number of nitrogens with one attached hydrogen (secondary N) is 4. The minimum atomic E-state index is -0.860. The molecule has 4 atom stereocenters. The van der Waals surface area contributed by atoms with E-state index in [4.69, 9.17) is 0 Å². The molecule has 2 aliphatic rings. The first-order chi connectivity index (χ1) is 19.2. The molecule has 3 amide bonds. The second-order valence-corrected chi connectivity index (χ2v) is 10.8. The summed E-state index contributed by atoms with van der Waals surface area (Å²) in [7, 11) is 0. The number of hydrogen-bond acceptors (Lipinski definition) is 6. The van der Waals surface area contributed by atoms with Crippen molar-refractivity contribution in [2.24, 2.45) is 11.8 Å². The second kappa shape index (κ2) is 11.4. The van der Waals surface area contributed by atoms with Crippen LogP contribution in [0.1, 0.15) is 59.9 Å². The molecule has 2 unspecified atom stereocenters. The van der Waals surface area contributed by atoms with Gasteiger partial charge in [0, 0.05) is 42.7 Å². The van der Waals surface area contributed by atoms with Crippen molar-refractivity contribution in [3.05, 3.63) is 71.1 Å². The normalized spacial score (nSPS) is 20.8. The number of aromatic amines is 1. The van der Waals surface area contributed by atoms with Crippen molar-refractivity contribution in [3.8, 4) is 0 Å². The SMILES string of the molecule is CC(C)C(NC(=O)c1ccc(F)cc1)C(=O)N[C@H]1CCc2ccn3c2C1C(=O)C[C@H](C(=O)NCc1c[nH]nn1)C3. The Kier molecular flexibility index (Phi) is 7.76. The minimum Gasteiger partial charge on any atom is -0.350 e. The number of nitrogens with zero attached hydrogens (tertiary/aromatic N) is 3. The Bertz CT molecular complexity index is 1400. The fourth-order valence-electron chi connectivity index (χ4n) is 5.59. The van der Waals surface area contributed by atoms with Gasteiger partial charge in [0.1, 0.15) is 23.3 Å². The molecular formula is C28H32FN7O4. The topological polar surface area (TPSA) is 151 Å². The van der Waals surface area contributed by atoms with E-state index >= 15 is 0 Å². The van der Waals surface area contributed by atoms with Crippen molar-refractivity contribution in [2.45, 2.75) is 64.2 Å². The Morgan fingerprint density at radius 1 is 1.18 bits per heavy atom. The van der Waals surface area contributed by atoms with Gasteiger partial charge in [-0.15, -0.1) is 5.10 Å². The average molecular weight is 550 g/mol. The van der Waals surface area contributed by atoms with Gasteiger partial charge in [-0.3, -0.25) is 24.3 Å². The van der Waals surface area contributed by atoms with E-state index in [1.54, 1.807) is 6.20 Å². The van der Waals surface area contributed by atoms with Gasteiger partial charge in [-0.05, 0) is 54.7 Å². The monoisotopic (exact) mass is 549 g/mol. The summed E-state index contributed by atoms with van der Waals surface area (Å²) in [5, 5.41) is 18.7. The highest BCUT2D eigenvalue weighted by atomic mass is 19.1. The second-order valence-electron chi connectivity index (χ2n) is 10.8. The molecule has 4 N–H and O–H groups in total. The molecule has 0 bridgehead atoms. The summed E-state index contributed by atoms with van der Waals surface area (Å²) in [6.07, 6.45) is 4.76. The smallest absolute Gasteiger partial charge is 0.251 e. The average Bonchev–Trinajstić information content (AvgIpc) is 3.57. The molecular weight excluding hydrogens is 517 g/mol. The minimum absolute atomic E-state index is 0.0394. The maximum Gasteiger partial charge on any atom is 0.251 e. The van der Waals surface area contributed by atoms with Crippen LogP contribution in [-0.4, -0.2) is 55.6 Å². The van der Waals surface area contributed by atoms with Gasteiger partial charge in [0.25, 0.3) is 5.91 Å². The lowest BCUT2D eigenvalue weighted by Crippen LogP contribution is -2.54. The number of amides is 3. The number of carbonyl (C=O) groups is 4. The summed E-state index contributed by atoms with van der Waals surface area (Å²) >= 11 is 0. The van der Waals surface area contributed by atoms with Crippen molar-refractivity contribution in [3.63, 3.8) is 0 Å². The van der Waals surface area contributed by atoms with Crippen LogP contribution >= 0.6 is 0 Å². The van der Waals surface area contributed by atoms with Crippen LogP contribution < -0.4 is 16.0 Å². The number of benzene rings is 1. The Morgan fingerprint density at radius 2 is 1.95 bits per heavy atom. The molecule has 12 heteroatoms. The van der Waals surface area contributed by atoms with Gasteiger partial charge >= 0.3 is 0 Å². The van der Waals surface area contributed by atoms with Crippen molar-refractivity contribution in [1.29, 1.82) is 0 Å². The Hall–Kier alpha value is -4.35. The molecule has 3 aromatic rings. The number of carbonyl (C=O) groups excluding carboxylic acids is 4. The summed E-state index contributed by atoms with van der Waals surface area (Å²) in [5.74, 6) is -3.11. The predicted octanol–water partition coefficient (Wildman–Crippen LogP) is 1.62. The van der Waals surface area contributed by atoms with Crippen LogP contribution in [0.15, 0.2) is 42.7 Å². The van der Waals surface area contributed by atoms with Crippen molar-refractivity contribution in [2.75, 3.05) is 0 Å².